The molecule has 0 spiro atoms. The Morgan fingerprint density at radius 3 is 2.72 bits per heavy atom. The minimum Gasteiger partial charge on any atom is -0.386 e. The number of aliphatic hydroxyl groups excluding tert-OH is 1. The van der Waals surface area contributed by atoms with Crippen LogP contribution >= 0.6 is 11.6 Å². The number of hydrogen-bond donors (Lipinski definition) is 1. The van der Waals surface area contributed by atoms with Crippen molar-refractivity contribution in [3.05, 3.63) is 16.9 Å². The lowest BCUT2D eigenvalue weighted by Gasteiger charge is -2.16. The number of aryl methyl sites for hydroxylation is 1. The summed E-state index contributed by atoms with van der Waals surface area (Å²) in [6, 6.07) is 0. The van der Waals surface area contributed by atoms with E-state index in [0.717, 1.165) is 35.9 Å². The summed E-state index contributed by atoms with van der Waals surface area (Å²) < 4.78 is 1.85. The van der Waals surface area contributed by atoms with Crippen LogP contribution in [0.1, 0.15) is 38.0 Å². The molecule has 3 saturated carbocycles. The molecule has 4 rings (SSSR count). The first-order chi connectivity index (χ1) is 8.72. The molecule has 3 aliphatic rings. The van der Waals surface area contributed by atoms with Crippen molar-refractivity contribution in [2.45, 2.75) is 38.8 Å². The minimum atomic E-state index is -0.404. The molecular formula is C14H19ClN2O. The number of nitrogens with zero attached hydrogens (tertiary/aromatic N) is 2. The lowest BCUT2D eigenvalue weighted by Crippen LogP contribution is -2.14. The van der Waals surface area contributed by atoms with E-state index in [4.69, 9.17) is 11.6 Å². The smallest absolute Gasteiger partial charge is 0.101 e. The van der Waals surface area contributed by atoms with Crippen LogP contribution in [-0.4, -0.2) is 14.9 Å². The van der Waals surface area contributed by atoms with Crippen molar-refractivity contribution < 1.29 is 5.11 Å². The molecule has 4 heteroatoms. The molecule has 0 radical (unpaired) electrons. The van der Waals surface area contributed by atoms with Gasteiger partial charge in [-0.2, -0.15) is 5.10 Å². The van der Waals surface area contributed by atoms with Gasteiger partial charge in [0.05, 0.1) is 16.9 Å². The Labute approximate surface area is 112 Å². The molecule has 2 bridgehead atoms. The Morgan fingerprint density at radius 1 is 1.44 bits per heavy atom. The van der Waals surface area contributed by atoms with Crippen molar-refractivity contribution in [2.24, 2.45) is 29.6 Å². The van der Waals surface area contributed by atoms with Crippen LogP contribution in [0.4, 0.5) is 0 Å². The summed E-state index contributed by atoms with van der Waals surface area (Å²) in [5.41, 5.74) is 0.845. The third kappa shape index (κ3) is 1.32. The summed E-state index contributed by atoms with van der Waals surface area (Å²) in [6.07, 6.45) is 5.44. The maximum atomic E-state index is 10.7. The Bertz CT molecular complexity index is 470. The van der Waals surface area contributed by atoms with Gasteiger partial charge in [0.25, 0.3) is 0 Å². The predicted octanol–water partition coefficient (Wildman–Crippen LogP) is 2.88. The average molecular weight is 267 g/mol. The van der Waals surface area contributed by atoms with E-state index in [1.165, 1.54) is 19.3 Å². The van der Waals surface area contributed by atoms with Crippen LogP contribution in [0.5, 0.6) is 0 Å². The zero-order valence-corrected chi connectivity index (χ0v) is 11.3. The first-order valence-corrected chi connectivity index (χ1v) is 7.49. The number of halogens is 1. The van der Waals surface area contributed by atoms with E-state index in [0.29, 0.717) is 10.9 Å². The van der Waals surface area contributed by atoms with Crippen LogP contribution in [0.2, 0.25) is 5.02 Å². The fraction of sp³-hybridized carbons (Fsp3) is 0.786. The number of fused-ring (bicyclic) bond motifs is 5. The number of rotatable bonds is 3. The summed E-state index contributed by atoms with van der Waals surface area (Å²) in [7, 11) is 0. The normalized spacial score (nSPS) is 42.1. The molecule has 3 fully saturated rings. The third-order valence-electron chi connectivity index (χ3n) is 5.57. The first kappa shape index (κ1) is 11.3. The quantitative estimate of drug-likeness (QED) is 0.914. The van der Waals surface area contributed by atoms with Gasteiger partial charge in [-0.05, 0) is 55.8 Å². The van der Waals surface area contributed by atoms with Gasteiger partial charge in [-0.25, -0.2) is 0 Å². The molecule has 18 heavy (non-hydrogen) atoms. The van der Waals surface area contributed by atoms with Crippen LogP contribution in [0.25, 0.3) is 0 Å². The van der Waals surface area contributed by atoms with Gasteiger partial charge < -0.3 is 5.11 Å². The van der Waals surface area contributed by atoms with Gasteiger partial charge in [-0.3, -0.25) is 4.68 Å². The zero-order chi connectivity index (χ0) is 12.4. The molecule has 3 aliphatic carbocycles. The number of hydrogen-bond acceptors (Lipinski definition) is 2. The summed E-state index contributed by atoms with van der Waals surface area (Å²) in [6.45, 7) is 2.81. The van der Waals surface area contributed by atoms with E-state index >= 15 is 0 Å². The maximum absolute atomic E-state index is 10.7. The zero-order valence-electron chi connectivity index (χ0n) is 10.6. The topological polar surface area (TPSA) is 38.0 Å². The van der Waals surface area contributed by atoms with Crippen molar-refractivity contribution in [1.29, 1.82) is 0 Å². The van der Waals surface area contributed by atoms with Gasteiger partial charge in [0.15, 0.2) is 0 Å². The van der Waals surface area contributed by atoms with Gasteiger partial charge in [0.2, 0.25) is 0 Å². The lowest BCUT2D eigenvalue weighted by molar-refractivity contribution is 0.120. The highest BCUT2D eigenvalue weighted by atomic mass is 35.5. The van der Waals surface area contributed by atoms with Crippen molar-refractivity contribution in [3.8, 4) is 0 Å². The van der Waals surface area contributed by atoms with E-state index in [1.807, 2.05) is 11.6 Å². The van der Waals surface area contributed by atoms with E-state index < -0.39 is 6.10 Å². The molecular weight excluding hydrogens is 248 g/mol. The fourth-order valence-corrected chi connectivity index (χ4v) is 5.17. The van der Waals surface area contributed by atoms with E-state index in [-0.39, 0.29) is 0 Å². The van der Waals surface area contributed by atoms with Crippen molar-refractivity contribution in [2.75, 3.05) is 0 Å². The molecule has 5 atom stereocenters. The third-order valence-corrected chi connectivity index (χ3v) is 5.86. The minimum absolute atomic E-state index is 0.404. The molecule has 0 aliphatic heterocycles. The monoisotopic (exact) mass is 266 g/mol. The van der Waals surface area contributed by atoms with Crippen LogP contribution in [0.3, 0.4) is 0 Å². The first-order valence-electron chi connectivity index (χ1n) is 7.11. The van der Waals surface area contributed by atoms with Gasteiger partial charge in [-0.1, -0.05) is 11.6 Å². The van der Waals surface area contributed by atoms with E-state index in [9.17, 15) is 5.11 Å². The number of aliphatic hydroxyl groups is 1. The van der Waals surface area contributed by atoms with Gasteiger partial charge >= 0.3 is 0 Å². The van der Waals surface area contributed by atoms with Gasteiger partial charge in [0, 0.05) is 6.54 Å². The highest BCUT2D eigenvalue weighted by Crippen LogP contribution is 2.72. The molecule has 0 saturated heterocycles. The van der Waals surface area contributed by atoms with E-state index in [2.05, 4.69) is 5.10 Å². The number of aromatic nitrogens is 2. The van der Waals surface area contributed by atoms with Crippen molar-refractivity contribution in [3.63, 3.8) is 0 Å². The van der Waals surface area contributed by atoms with Crippen LogP contribution in [0, 0.1) is 29.6 Å². The Hall–Kier alpha value is -0.540. The molecule has 0 aromatic carbocycles. The highest BCUT2D eigenvalue weighted by Gasteiger charge is 2.67. The van der Waals surface area contributed by atoms with Gasteiger partial charge in [-0.15, -0.1) is 0 Å². The SMILES string of the molecule is CCn1ncc(Cl)c1C(O)C1C2C3CCC(C3)C21. The second-order valence-corrected chi connectivity index (χ2v) is 6.61. The van der Waals surface area contributed by atoms with Crippen molar-refractivity contribution >= 4 is 11.6 Å². The van der Waals surface area contributed by atoms with Crippen LogP contribution in [0.15, 0.2) is 6.20 Å². The van der Waals surface area contributed by atoms with Gasteiger partial charge in [0.1, 0.15) is 6.10 Å². The fourth-order valence-electron chi connectivity index (χ4n) is 4.92. The standard InChI is InChI=1S/C14H19ClN2O/c1-2-17-13(9(15)6-16-17)14(18)12-10-7-3-4-8(5-7)11(10)12/h6-8,10-12,14,18H,2-5H2,1H3. The lowest BCUT2D eigenvalue weighted by atomic mass is 9.97. The Balaban J connectivity index is 1.61. The molecule has 1 aromatic heterocycles. The average Bonchev–Trinajstić information content (AvgIpc) is 2.71. The summed E-state index contributed by atoms with van der Waals surface area (Å²) in [5, 5.41) is 15.5. The molecule has 5 unspecified atom stereocenters. The molecule has 98 valence electrons. The second kappa shape index (κ2) is 3.73. The van der Waals surface area contributed by atoms with Crippen LogP contribution < -0.4 is 0 Å². The Kier molecular flexibility index (Phi) is 2.34. The second-order valence-electron chi connectivity index (χ2n) is 6.20. The van der Waals surface area contributed by atoms with Crippen molar-refractivity contribution in [1.82, 2.24) is 9.78 Å². The molecule has 1 aromatic rings. The van der Waals surface area contributed by atoms with E-state index in [1.54, 1.807) is 6.20 Å². The summed E-state index contributed by atoms with van der Waals surface area (Å²) in [4.78, 5) is 0. The Morgan fingerprint density at radius 2 is 2.11 bits per heavy atom. The largest absolute Gasteiger partial charge is 0.386 e. The summed E-state index contributed by atoms with van der Waals surface area (Å²) in [5.74, 6) is 3.77. The molecule has 0 amide bonds. The maximum Gasteiger partial charge on any atom is 0.101 e. The molecule has 1 N–H and O–H groups in total. The van der Waals surface area contributed by atoms with Crippen LogP contribution in [-0.2, 0) is 6.54 Å². The summed E-state index contributed by atoms with van der Waals surface area (Å²) >= 11 is 6.19. The molecule has 3 nitrogen and oxygen atoms in total. The predicted molar refractivity (Wildman–Crippen MR) is 69.2 cm³/mol. The highest BCUT2D eigenvalue weighted by molar-refractivity contribution is 6.31. The molecule has 1 heterocycles.